The summed E-state index contributed by atoms with van der Waals surface area (Å²) in [4.78, 5) is 17.2. The summed E-state index contributed by atoms with van der Waals surface area (Å²) >= 11 is 3.36. The van der Waals surface area contributed by atoms with Gasteiger partial charge in [-0.2, -0.15) is 0 Å². The van der Waals surface area contributed by atoms with Crippen LogP contribution in [0.15, 0.2) is 29.3 Å². The minimum absolute atomic E-state index is 0.194. The first-order valence-electron chi connectivity index (χ1n) is 7.79. The van der Waals surface area contributed by atoms with E-state index in [1.165, 1.54) is 29.5 Å². The molecule has 114 valence electrons. The monoisotopic (exact) mass is 330 g/mol. The van der Waals surface area contributed by atoms with Gasteiger partial charge < -0.3 is 0 Å². The van der Waals surface area contributed by atoms with Crippen molar-refractivity contribution in [1.29, 1.82) is 0 Å². The molecule has 4 rings (SSSR count). The maximum atomic E-state index is 12.8. The molecule has 2 aromatic rings. The minimum atomic E-state index is 0.194. The van der Waals surface area contributed by atoms with Crippen molar-refractivity contribution in [2.45, 2.75) is 25.7 Å². The second kappa shape index (κ2) is 6.13. The van der Waals surface area contributed by atoms with Crippen LogP contribution in [0.1, 0.15) is 28.9 Å². The molecule has 0 bridgehead atoms. The van der Waals surface area contributed by atoms with Gasteiger partial charge in [-0.25, -0.2) is 0 Å². The molecule has 0 N–H and O–H groups in total. The predicted molar refractivity (Wildman–Crippen MR) is 96.4 cm³/mol. The number of thioether (sulfide) groups is 2. The average Bonchev–Trinajstić information content (AvgIpc) is 3.18. The van der Waals surface area contributed by atoms with Gasteiger partial charge in [0.25, 0.3) is 0 Å². The second-order valence-electron chi connectivity index (χ2n) is 5.66. The summed E-state index contributed by atoms with van der Waals surface area (Å²) in [6.45, 7) is 0.892. The Hall–Kier alpha value is -1.20. The van der Waals surface area contributed by atoms with E-state index in [1.54, 1.807) is 23.5 Å². The standard InChI is InChI=1S/C17H18N2OS2/c20-16(11-22-17-18-9-10-21-17)19-14-7-3-1-5-12(14)13-6-2-4-8-15(13)19/h1,3,5,7H,2,4,6,8-11H2. The zero-order valence-electron chi connectivity index (χ0n) is 12.4. The Labute approximate surface area is 138 Å². The molecule has 1 aliphatic heterocycles. The van der Waals surface area contributed by atoms with Crippen molar-refractivity contribution in [3.05, 3.63) is 35.5 Å². The molecule has 0 spiro atoms. The van der Waals surface area contributed by atoms with E-state index in [2.05, 4.69) is 23.2 Å². The number of benzene rings is 1. The van der Waals surface area contributed by atoms with Crippen molar-refractivity contribution in [2.75, 3.05) is 18.1 Å². The Bertz CT molecular complexity index is 763. The fourth-order valence-corrected chi connectivity index (χ4v) is 5.23. The number of carbonyl (C=O) groups excluding carboxylic acids is 1. The van der Waals surface area contributed by atoms with Crippen molar-refractivity contribution in [3.63, 3.8) is 0 Å². The molecule has 0 fully saturated rings. The van der Waals surface area contributed by atoms with Gasteiger partial charge in [0, 0.05) is 16.8 Å². The molecular weight excluding hydrogens is 312 g/mol. The lowest BCUT2D eigenvalue weighted by atomic mass is 9.96. The highest BCUT2D eigenvalue weighted by Crippen LogP contribution is 2.32. The Morgan fingerprint density at radius 3 is 3.00 bits per heavy atom. The summed E-state index contributed by atoms with van der Waals surface area (Å²) < 4.78 is 3.05. The first-order chi connectivity index (χ1) is 10.8. The number of rotatable bonds is 2. The highest BCUT2D eigenvalue weighted by atomic mass is 32.2. The smallest absolute Gasteiger partial charge is 0.241 e. The molecule has 0 atom stereocenters. The molecule has 0 saturated heterocycles. The molecule has 0 amide bonds. The summed E-state index contributed by atoms with van der Waals surface area (Å²) in [7, 11) is 0. The highest BCUT2D eigenvalue weighted by Gasteiger charge is 2.23. The van der Waals surface area contributed by atoms with Crippen molar-refractivity contribution < 1.29 is 4.79 Å². The fraction of sp³-hybridized carbons (Fsp3) is 0.412. The Morgan fingerprint density at radius 1 is 1.27 bits per heavy atom. The van der Waals surface area contributed by atoms with Crippen LogP contribution < -0.4 is 0 Å². The summed E-state index contributed by atoms with van der Waals surface area (Å²) in [6, 6.07) is 8.34. The average molecular weight is 330 g/mol. The second-order valence-corrected chi connectivity index (χ2v) is 7.97. The van der Waals surface area contributed by atoms with Gasteiger partial charge in [-0.15, -0.1) is 0 Å². The van der Waals surface area contributed by atoms with E-state index in [1.807, 2.05) is 10.6 Å². The van der Waals surface area contributed by atoms with Gasteiger partial charge in [0.05, 0.1) is 17.8 Å². The van der Waals surface area contributed by atoms with Crippen LogP contribution in [0.3, 0.4) is 0 Å². The molecular formula is C17H18N2OS2. The molecule has 0 saturated carbocycles. The molecule has 22 heavy (non-hydrogen) atoms. The molecule has 2 aliphatic rings. The van der Waals surface area contributed by atoms with Crippen LogP contribution in [-0.4, -0.2) is 32.9 Å². The lowest BCUT2D eigenvalue weighted by Gasteiger charge is -2.15. The Balaban J connectivity index is 1.69. The van der Waals surface area contributed by atoms with Crippen LogP contribution in [0.5, 0.6) is 0 Å². The van der Waals surface area contributed by atoms with E-state index >= 15 is 0 Å². The van der Waals surface area contributed by atoms with Crippen LogP contribution in [0.2, 0.25) is 0 Å². The first kappa shape index (κ1) is 14.4. The maximum absolute atomic E-state index is 12.8. The lowest BCUT2D eigenvalue weighted by Crippen LogP contribution is -2.18. The van der Waals surface area contributed by atoms with Gasteiger partial charge in [0.15, 0.2) is 0 Å². The molecule has 2 heterocycles. The normalized spacial score (nSPS) is 17.5. The minimum Gasteiger partial charge on any atom is -0.283 e. The van der Waals surface area contributed by atoms with Gasteiger partial charge in [0.2, 0.25) is 5.91 Å². The SMILES string of the molecule is O=C(CSC1=NCCS1)n1c2c(c3ccccc31)CCCC2. The lowest BCUT2D eigenvalue weighted by molar-refractivity contribution is 0.0943. The number of hydrogen-bond donors (Lipinski definition) is 0. The first-order valence-corrected chi connectivity index (χ1v) is 9.76. The van der Waals surface area contributed by atoms with E-state index in [4.69, 9.17) is 0 Å². The number of aliphatic imine (C=N–C) groups is 1. The van der Waals surface area contributed by atoms with E-state index < -0.39 is 0 Å². The van der Waals surface area contributed by atoms with Crippen molar-refractivity contribution in [1.82, 2.24) is 4.57 Å². The maximum Gasteiger partial charge on any atom is 0.241 e. The molecule has 1 aliphatic carbocycles. The molecule has 1 aromatic heterocycles. The van der Waals surface area contributed by atoms with Crippen LogP contribution in [-0.2, 0) is 12.8 Å². The summed E-state index contributed by atoms with van der Waals surface area (Å²) in [6.07, 6.45) is 4.55. The van der Waals surface area contributed by atoms with Crippen LogP contribution >= 0.6 is 23.5 Å². The fourth-order valence-electron chi connectivity index (χ4n) is 3.37. The molecule has 1 aromatic carbocycles. The van der Waals surface area contributed by atoms with E-state index in [-0.39, 0.29) is 5.91 Å². The van der Waals surface area contributed by atoms with Crippen molar-refractivity contribution >= 4 is 44.7 Å². The number of aryl methyl sites for hydroxylation is 1. The zero-order chi connectivity index (χ0) is 14.9. The number of fused-ring (bicyclic) bond motifs is 3. The number of hydrogen-bond acceptors (Lipinski definition) is 4. The van der Waals surface area contributed by atoms with Gasteiger partial charge in [-0.05, 0) is 37.3 Å². The third-order valence-electron chi connectivity index (χ3n) is 4.30. The van der Waals surface area contributed by atoms with Crippen LogP contribution in [0, 0.1) is 0 Å². The predicted octanol–water partition coefficient (Wildman–Crippen LogP) is 4.00. The Morgan fingerprint density at radius 2 is 2.14 bits per heavy atom. The highest BCUT2D eigenvalue weighted by molar-refractivity contribution is 8.39. The molecule has 3 nitrogen and oxygen atoms in total. The zero-order valence-corrected chi connectivity index (χ0v) is 14.0. The third-order valence-corrected chi connectivity index (χ3v) is 6.54. The van der Waals surface area contributed by atoms with Gasteiger partial charge in [0.1, 0.15) is 4.38 Å². The molecule has 5 heteroatoms. The summed E-state index contributed by atoms with van der Waals surface area (Å²) in [5.74, 6) is 1.73. The molecule has 0 radical (unpaired) electrons. The summed E-state index contributed by atoms with van der Waals surface area (Å²) in [5.41, 5.74) is 3.73. The Kier molecular flexibility index (Phi) is 4.01. The van der Waals surface area contributed by atoms with Gasteiger partial charge >= 0.3 is 0 Å². The number of carbonyl (C=O) groups is 1. The van der Waals surface area contributed by atoms with Gasteiger partial charge in [-0.3, -0.25) is 14.4 Å². The summed E-state index contributed by atoms with van der Waals surface area (Å²) in [5, 5.41) is 1.27. The van der Waals surface area contributed by atoms with E-state index in [9.17, 15) is 4.79 Å². The van der Waals surface area contributed by atoms with E-state index in [0.717, 1.165) is 35.0 Å². The number of aromatic nitrogens is 1. The quantitative estimate of drug-likeness (QED) is 0.835. The van der Waals surface area contributed by atoms with Crippen LogP contribution in [0.4, 0.5) is 0 Å². The molecule has 0 unspecified atom stereocenters. The number of nitrogens with zero attached hydrogens (tertiary/aromatic N) is 2. The van der Waals surface area contributed by atoms with E-state index in [0.29, 0.717) is 5.75 Å². The topological polar surface area (TPSA) is 34.4 Å². The van der Waals surface area contributed by atoms with Crippen molar-refractivity contribution in [3.8, 4) is 0 Å². The third kappa shape index (κ3) is 2.50. The largest absolute Gasteiger partial charge is 0.283 e. The number of para-hydroxylation sites is 1. The van der Waals surface area contributed by atoms with Crippen LogP contribution in [0.25, 0.3) is 10.9 Å². The van der Waals surface area contributed by atoms with Crippen molar-refractivity contribution in [2.24, 2.45) is 4.99 Å². The van der Waals surface area contributed by atoms with Gasteiger partial charge in [-0.1, -0.05) is 41.7 Å².